The molecule has 7 heteroatoms. The third-order valence-electron chi connectivity index (χ3n) is 3.93. The zero-order valence-corrected chi connectivity index (χ0v) is 13.6. The van der Waals surface area contributed by atoms with E-state index in [4.69, 9.17) is 10.4 Å². The number of carboxylic acids is 1. The molecule has 2 aromatic heterocycles. The number of nitriles is 1. The van der Waals surface area contributed by atoms with E-state index in [0.717, 1.165) is 5.56 Å². The van der Waals surface area contributed by atoms with Gasteiger partial charge in [0.1, 0.15) is 0 Å². The molecule has 2 heterocycles. The Morgan fingerprint density at radius 3 is 2.60 bits per heavy atom. The van der Waals surface area contributed by atoms with Crippen molar-refractivity contribution in [1.29, 1.82) is 5.26 Å². The molecule has 7 nitrogen and oxygen atoms in total. The molecule has 3 aromatic rings. The number of hydrogen-bond acceptors (Lipinski definition) is 4. The normalized spacial score (nSPS) is 10.4. The number of carbonyl (C=O) groups is 1. The zero-order chi connectivity index (χ0) is 18.1. The van der Waals surface area contributed by atoms with Crippen molar-refractivity contribution in [2.24, 2.45) is 0 Å². The molecule has 0 aliphatic rings. The molecule has 0 unspecified atom stereocenters. The number of carboxylic acid groups (broad SMARTS) is 1. The number of aromatic nitrogens is 3. The Morgan fingerprint density at radius 2 is 2.04 bits per heavy atom. The highest BCUT2D eigenvalue weighted by molar-refractivity contribution is 5.87. The second kappa shape index (κ2) is 6.09. The SMILES string of the molecule is Cc1cc(-c2c(C)[nH]n(-c3ccc(C(=O)O)cn3)c2=O)ccc1C#N. The fourth-order valence-corrected chi connectivity index (χ4v) is 2.64. The Bertz CT molecular complexity index is 1070. The summed E-state index contributed by atoms with van der Waals surface area (Å²) >= 11 is 0. The van der Waals surface area contributed by atoms with Gasteiger partial charge in [-0.2, -0.15) is 5.26 Å². The molecular weight excluding hydrogens is 320 g/mol. The van der Waals surface area contributed by atoms with E-state index >= 15 is 0 Å². The van der Waals surface area contributed by atoms with Gasteiger partial charge in [0, 0.05) is 11.9 Å². The molecule has 0 aliphatic carbocycles. The van der Waals surface area contributed by atoms with E-state index in [9.17, 15) is 9.59 Å². The van der Waals surface area contributed by atoms with Crippen LogP contribution in [0.1, 0.15) is 27.2 Å². The van der Waals surface area contributed by atoms with E-state index in [0.29, 0.717) is 28.2 Å². The number of aromatic amines is 1. The van der Waals surface area contributed by atoms with Gasteiger partial charge in [-0.1, -0.05) is 6.07 Å². The fourth-order valence-electron chi connectivity index (χ4n) is 2.64. The second-order valence-corrected chi connectivity index (χ2v) is 5.60. The third-order valence-corrected chi connectivity index (χ3v) is 3.93. The van der Waals surface area contributed by atoms with Crippen LogP contribution in [-0.4, -0.2) is 25.8 Å². The molecule has 0 amide bonds. The van der Waals surface area contributed by atoms with E-state index in [1.165, 1.54) is 23.0 Å². The first-order chi connectivity index (χ1) is 11.9. The molecule has 3 rings (SSSR count). The van der Waals surface area contributed by atoms with Gasteiger partial charge >= 0.3 is 5.97 Å². The topological polar surface area (TPSA) is 112 Å². The molecule has 0 atom stereocenters. The van der Waals surface area contributed by atoms with Crippen LogP contribution in [0.2, 0.25) is 0 Å². The van der Waals surface area contributed by atoms with Crippen LogP contribution in [0.4, 0.5) is 0 Å². The summed E-state index contributed by atoms with van der Waals surface area (Å²) in [5.74, 6) is -0.780. The standard InChI is InChI=1S/C18H14N4O3/c1-10-7-12(3-4-13(10)8-19)16-11(2)21-22(17(16)23)15-6-5-14(9-20-15)18(24)25/h3-7,9,21H,1-2H3,(H,24,25). The summed E-state index contributed by atoms with van der Waals surface area (Å²) in [6.07, 6.45) is 1.20. The van der Waals surface area contributed by atoms with E-state index in [1.807, 2.05) is 6.92 Å². The lowest BCUT2D eigenvalue weighted by molar-refractivity contribution is 0.0696. The predicted molar refractivity (Wildman–Crippen MR) is 90.8 cm³/mol. The number of aromatic carboxylic acids is 1. The molecule has 0 bridgehead atoms. The summed E-state index contributed by atoms with van der Waals surface area (Å²) in [6, 6.07) is 10.2. The lowest BCUT2D eigenvalue weighted by Crippen LogP contribution is -2.17. The summed E-state index contributed by atoms with van der Waals surface area (Å²) in [5, 5.41) is 20.9. The summed E-state index contributed by atoms with van der Waals surface area (Å²) in [6.45, 7) is 3.58. The first-order valence-corrected chi connectivity index (χ1v) is 7.45. The van der Waals surface area contributed by atoms with Crippen molar-refractivity contribution in [3.63, 3.8) is 0 Å². The van der Waals surface area contributed by atoms with Gasteiger partial charge in [0.25, 0.3) is 5.56 Å². The average Bonchev–Trinajstić information content (AvgIpc) is 2.89. The van der Waals surface area contributed by atoms with Gasteiger partial charge in [0.05, 0.1) is 22.8 Å². The molecule has 25 heavy (non-hydrogen) atoms. The van der Waals surface area contributed by atoms with Gasteiger partial charge in [-0.05, 0) is 49.2 Å². The molecule has 0 aliphatic heterocycles. The maximum absolute atomic E-state index is 12.8. The third kappa shape index (κ3) is 2.81. The Kier molecular flexibility index (Phi) is 3.95. The van der Waals surface area contributed by atoms with Crippen molar-refractivity contribution in [3.8, 4) is 23.0 Å². The minimum Gasteiger partial charge on any atom is -0.478 e. The largest absolute Gasteiger partial charge is 0.478 e. The molecule has 0 spiro atoms. The van der Waals surface area contributed by atoms with Crippen LogP contribution in [0.15, 0.2) is 41.3 Å². The molecule has 0 fully saturated rings. The van der Waals surface area contributed by atoms with Crippen LogP contribution in [0.5, 0.6) is 0 Å². The van der Waals surface area contributed by atoms with Crippen LogP contribution in [0, 0.1) is 25.2 Å². The Labute approximate surface area is 142 Å². The van der Waals surface area contributed by atoms with Crippen molar-refractivity contribution < 1.29 is 9.90 Å². The summed E-state index contributed by atoms with van der Waals surface area (Å²) < 4.78 is 1.27. The highest BCUT2D eigenvalue weighted by Crippen LogP contribution is 2.22. The van der Waals surface area contributed by atoms with Gasteiger partial charge in [-0.25, -0.2) is 14.5 Å². The van der Waals surface area contributed by atoms with E-state index in [-0.39, 0.29) is 11.1 Å². The highest BCUT2D eigenvalue weighted by Gasteiger charge is 2.16. The lowest BCUT2D eigenvalue weighted by Gasteiger charge is -2.02. The number of aryl methyl sites for hydroxylation is 2. The number of pyridine rings is 1. The Morgan fingerprint density at radius 1 is 1.28 bits per heavy atom. The molecule has 2 N–H and O–H groups in total. The van der Waals surface area contributed by atoms with Crippen LogP contribution in [-0.2, 0) is 0 Å². The van der Waals surface area contributed by atoms with Gasteiger partial charge in [0.15, 0.2) is 5.82 Å². The summed E-state index contributed by atoms with van der Waals surface area (Å²) in [4.78, 5) is 27.7. The van der Waals surface area contributed by atoms with Crippen molar-refractivity contribution in [3.05, 3.63) is 69.3 Å². The molecule has 0 saturated carbocycles. The Hall–Kier alpha value is -3.66. The molecule has 124 valence electrons. The minimum atomic E-state index is -1.08. The van der Waals surface area contributed by atoms with E-state index < -0.39 is 5.97 Å². The summed E-state index contributed by atoms with van der Waals surface area (Å²) in [7, 11) is 0. The van der Waals surface area contributed by atoms with E-state index in [2.05, 4.69) is 16.2 Å². The number of nitrogens with zero attached hydrogens (tertiary/aromatic N) is 3. The zero-order valence-electron chi connectivity index (χ0n) is 13.6. The maximum atomic E-state index is 12.8. The predicted octanol–water partition coefficient (Wildman–Crippen LogP) is 2.41. The molecule has 0 saturated heterocycles. The quantitative estimate of drug-likeness (QED) is 0.764. The van der Waals surface area contributed by atoms with Gasteiger partial charge in [-0.15, -0.1) is 0 Å². The number of H-pyrrole nitrogens is 1. The highest BCUT2D eigenvalue weighted by atomic mass is 16.4. The average molecular weight is 334 g/mol. The van der Waals surface area contributed by atoms with Crippen molar-refractivity contribution >= 4 is 5.97 Å². The van der Waals surface area contributed by atoms with Gasteiger partial charge in [-0.3, -0.25) is 9.89 Å². The number of hydrogen-bond donors (Lipinski definition) is 2. The van der Waals surface area contributed by atoms with Crippen LogP contribution >= 0.6 is 0 Å². The van der Waals surface area contributed by atoms with Gasteiger partial charge < -0.3 is 5.11 Å². The molecular formula is C18H14N4O3. The number of rotatable bonds is 3. The number of nitrogens with one attached hydrogen (secondary N) is 1. The first-order valence-electron chi connectivity index (χ1n) is 7.45. The number of benzene rings is 1. The van der Waals surface area contributed by atoms with Crippen molar-refractivity contribution in [2.75, 3.05) is 0 Å². The van der Waals surface area contributed by atoms with Crippen molar-refractivity contribution in [1.82, 2.24) is 14.8 Å². The summed E-state index contributed by atoms with van der Waals surface area (Å²) in [5.41, 5.74) is 2.94. The van der Waals surface area contributed by atoms with Crippen LogP contribution in [0.25, 0.3) is 16.9 Å². The Balaban J connectivity index is 2.10. The van der Waals surface area contributed by atoms with E-state index in [1.54, 1.807) is 25.1 Å². The molecule has 0 radical (unpaired) electrons. The van der Waals surface area contributed by atoms with Crippen LogP contribution in [0.3, 0.4) is 0 Å². The van der Waals surface area contributed by atoms with Gasteiger partial charge in [0.2, 0.25) is 0 Å². The molecule has 1 aromatic carbocycles. The smallest absolute Gasteiger partial charge is 0.337 e. The van der Waals surface area contributed by atoms with Crippen LogP contribution < -0.4 is 5.56 Å². The fraction of sp³-hybridized carbons (Fsp3) is 0.111. The van der Waals surface area contributed by atoms with Crippen molar-refractivity contribution in [2.45, 2.75) is 13.8 Å². The monoisotopic (exact) mass is 334 g/mol. The second-order valence-electron chi connectivity index (χ2n) is 5.60. The lowest BCUT2D eigenvalue weighted by atomic mass is 10.0. The first kappa shape index (κ1) is 16.2. The minimum absolute atomic E-state index is 0.0445. The maximum Gasteiger partial charge on any atom is 0.337 e.